The van der Waals surface area contributed by atoms with Crippen molar-refractivity contribution in [1.29, 1.82) is 0 Å². The number of carboxylic acids is 1. The Kier molecular flexibility index (Phi) is 6.14. The molecule has 0 radical (unpaired) electrons. The predicted octanol–water partition coefficient (Wildman–Crippen LogP) is 1.57. The molecule has 1 saturated carbocycles. The second-order valence-corrected chi connectivity index (χ2v) is 6.07. The summed E-state index contributed by atoms with van der Waals surface area (Å²) in [5.74, 6) is -1.59. The maximum atomic E-state index is 13.5. The van der Waals surface area contributed by atoms with Crippen molar-refractivity contribution in [2.24, 2.45) is 0 Å². The second kappa shape index (κ2) is 8.10. The van der Waals surface area contributed by atoms with E-state index in [0.29, 0.717) is 19.4 Å². The van der Waals surface area contributed by atoms with Gasteiger partial charge < -0.3 is 15.2 Å². The highest BCUT2D eigenvalue weighted by molar-refractivity contribution is 5.78. The van der Waals surface area contributed by atoms with Crippen LogP contribution in [-0.2, 0) is 9.59 Å². The predicted molar refractivity (Wildman–Crippen MR) is 86.5 cm³/mol. The first-order valence-corrected chi connectivity index (χ1v) is 8.03. The minimum absolute atomic E-state index is 0.0105. The van der Waals surface area contributed by atoms with Crippen LogP contribution in [0.4, 0.5) is 4.39 Å². The van der Waals surface area contributed by atoms with E-state index in [-0.39, 0.29) is 36.9 Å². The van der Waals surface area contributed by atoms with E-state index in [0.717, 1.165) is 5.56 Å². The largest absolute Gasteiger partial charge is 0.481 e. The zero-order valence-corrected chi connectivity index (χ0v) is 13.9. The van der Waals surface area contributed by atoms with Gasteiger partial charge in [-0.25, -0.2) is 4.39 Å². The lowest BCUT2D eigenvalue weighted by Gasteiger charge is -2.42. The molecule has 0 spiro atoms. The first-order chi connectivity index (χ1) is 11.4. The van der Waals surface area contributed by atoms with Crippen molar-refractivity contribution in [1.82, 2.24) is 10.2 Å². The summed E-state index contributed by atoms with van der Waals surface area (Å²) < 4.78 is 18.8. The molecule has 1 amide bonds. The molecular weight excluding hydrogens is 315 g/mol. The van der Waals surface area contributed by atoms with Gasteiger partial charge in [0.15, 0.2) is 18.2 Å². The molecule has 1 aliphatic rings. The average Bonchev–Trinajstić information content (AvgIpc) is 2.49. The van der Waals surface area contributed by atoms with Crippen molar-refractivity contribution in [3.8, 4) is 5.75 Å². The molecular formula is C17H23FN2O4. The van der Waals surface area contributed by atoms with E-state index in [4.69, 9.17) is 9.84 Å². The molecule has 0 aromatic heterocycles. The van der Waals surface area contributed by atoms with E-state index in [2.05, 4.69) is 5.32 Å². The zero-order chi connectivity index (χ0) is 17.7. The van der Waals surface area contributed by atoms with E-state index in [1.165, 1.54) is 6.07 Å². The van der Waals surface area contributed by atoms with Gasteiger partial charge in [0.25, 0.3) is 5.91 Å². The molecule has 1 aromatic carbocycles. The lowest BCUT2D eigenvalue weighted by molar-refractivity contribution is -0.139. The summed E-state index contributed by atoms with van der Waals surface area (Å²) in [6.45, 7) is 4.16. The first-order valence-electron chi connectivity index (χ1n) is 8.03. The van der Waals surface area contributed by atoms with Crippen LogP contribution in [0, 0.1) is 12.7 Å². The number of rotatable bonds is 8. The molecule has 1 fully saturated rings. The fourth-order valence-electron chi connectivity index (χ4n) is 2.81. The fourth-order valence-corrected chi connectivity index (χ4v) is 2.81. The van der Waals surface area contributed by atoms with Crippen molar-refractivity contribution >= 4 is 11.9 Å². The van der Waals surface area contributed by atoms with Gasteiger partial charge in [0.1, 0.15) is 0 Å². The molecule has 1 aromatic rings. The van der Waals surface area contributed by atoms with E-state index in [1.54, 1.807) is 12.1 Å². The van der Waals surface area contributed by atoms with Crippen LogP contribution in [0.25, 0.3) is 0 Å². The number of nitrogens with zero attached hydrogens (tertiary/aromatic N) is 1. The van der Waals surface area contributed by atoms with Crippen LogP contribution < -0.4 is 10.1 Å². The van der Waals surface area contributed by atoms with E-state index >= 15 is 0 Å². The van der Waals surface area contributed by atoms with Crippen LogP contribution >= 0.6 is 0 Å². The van der Waals surface area contributed by atoms with E-state index in [9.17, 15) is 14.0 Å². The van der Waals surface area contributed by atoms with Crippen molar-refractivity contribution in [3.63, 3.8) is 0 Å². The van der Waals surface area contributed by atoms with Crippen LogP contribution in [0.5, 0.6) is 5.75 Å². The molecule has 0 unspecified atom stereocenters. The Morgan fingerprint density at radius 3 is 2.75 bits per heavy atom. The second-order valence-electron chi connectivity index (χ2n) is 6.07. The molecule has 0 heterocycles. The molecule has 0 aliphatic heterocycles. The minimum atomic E-state index is -0.849. The monoisotopic (exact) mass is 338 g/mol. The highest BCUT2D eigenvalue weighted by Gasteiger charge is 2.34. The Morgan fingerprint density at radius 1 is 1.42 bits per heavy atom. The van der Waals surface area contributed by atoms with Gasteiger partial charge in [-0.2, -0.15) is 0 Å². The topological polar surface area (TPSA) is 78.9 Å². The Morgan fingerprint density at radius 2 is 2.12 bits per heavy atom. The van der Waals surface area contributed by atoms with Gasteiger partial charge in [0.05, 0.1) is 6.54 Å². The SMILES string of the molecule is CCN(CC(=O)O)C1CC(NC(=O)COc2cc(C)ccc2F)C1. The first kappa shape index (κ1) is 18.2. The third-order valence-corrected chi connectivity index (χ3v) is 4.18. The Hall–Kier alpha value is -2.15. The number of carboxylic acid groups (broad SMARTS) is 1. The number of aryl methyl sites for hydroxylation is 1. The maximum absolute atomic E-state index is 13.5. The number of halogens is 1. The zero-order valence-electron chi connectivity index (χ0n) is 13.9. The normalized spacial score (nSPS) is 19.7. The van der Waals surface area contributed by atoms with E-state index < -0.39 is 11.8 Å². The number of ether oxygens (including phenoxy) is 1. The lowest BCUT2D eigenvalue weighted by atomic mass is 9.85. The van der Waals surface area contributed by atoms with Gasteiger partial charge in [-0.1, -0.05) is 13.0 Å². The number of nitrogens with one attached hydrogen (secondary N) is 1. The number of likely N-dealkylation sites (N-methyl/N-ethyl adjacent to an activating group) is 1. The molecule has 0 bridgehead atoms. The summed E-state index contributed by atoms with van der Waals surface area (Å²) in [4.78, 5) is 24.5. The highest BCUT2D eigenvalue weighted by Crippen LogP contribution is 2.25. The van der Waals surface area contributed by atoms with Crippen LogP contribution in [0.2, 0.25) is 0 Å². The number of benzene rings is 1. The standard InChI is InChI=1S/C17H23FN2O4/c1-3-20(9-17(22)23)13-7-12(8-13)19-16(21)10-24-15-6-11(2)4-5-14(15)18/h4-6,12-13H,3,7-10H2,1-2H3,(H,19,21)(H,22,23). The number of carbonyl (C=O) groups excluding carboxylic acids is 1. The van der Waals surface area contributed by atoms with E-state index in [1.807, 2.05) is 18.7 Å². The quantitative estimate of drug-likeness (QED) is 0.752. The Labute approximate surface area is 140 Å². The van der Waals surface area contributed by atoms with Gasteiger partial charge in [0.2, 0.25) is 0 Å². The van der Waals surface area contributed by atoms with Crippen molar-refractivity contribution in [2.45, 2.75) is 38.8 Å². The molecule has 2 rings (SSSR count). The number of amides is 1. The van der Waals surface area contributed by atoms with Crippen LogP contribution in [0.3, 0.4) is 0 Å². The third kappa shape index (κ3) is 4.92. The maximum Gasteiger partial charge on any atom is 0.317 e. The number of aliphatic carboxylic acids is 1. The number of carbonyl (C=O) groups is 2. The molecule has 7 heteroatoms. The summed E-state index contributed by atoms with van der Waals surface area (Å²) in [5, 5.41) is 11.7. The minimum Gasteiger partial charge on any atom is -0.481 e. The van der Waals surface area contributed by atoms with Crippen LogP contribution in [-0.4, -0.2) is 53.7 Å². The van der Waals surface area contributed by atoms with Gasteiger partial charge in [0, 0.05) is 12.1 Å². The smallest absolute Gasteiger partial charge is 0.317 e. The van der Waals surface area contributed by atoms with Gasteiger partial charge in [-0.3, -0.25) is 14.5 Å². The molecule has 0 atom stereocenters. The molecule has 1 aliphatic carbocycles. The molecule has 24 heavy (non-hydrogen) atoms. The molecule has 132 valence electrons. The Balaban J connectivity index is 1.73. The summed E-state index contributed by atoms with van der Waals surface area (Å²) in [5.41, 5.74) is 0.853. The third-order valence-electron chi connectivity index (χ3n) is 4.18. The van der Waals surface area contributed by atoms with Crippen molar-refractivity contribution in [2.75, 3.05) is 19.7 Å². The lowest BCUT2D eigenvalue weighted by Crippen LogP contribution is -2.55. The van der Waals surface area contributed by atoms with Crippen molar-refractivity contribution in [3.05, 3.63) is 29.6 Å². The molecule has 6 nitrogen and oxygen atoms in total. The van der Waals surface area contributed by atoms with Gasteiger partial charge >= 0.3 is 5.97 Å². The molecule has 0 saturated heterocycles. The average molecular weight is 338 g/mol. The molecule has 2 N–H and O–H groups in total. The highest BCUT2D eigenvalue weighted by atomic mass is 19.1. The fraction of sp³-hybridized carbons (Fsp3) is 0.529. The summed E-state index contributed by atoms with van der Waals surface area (Å²) in [6.07, 6.45) is 1.43. The van der Waals surface area contributed by atoms with Crippen LogP contribution in [0.1, 0.15) is 25.3 Å². The number of hydrogen-bond donors (Lipinski definition) is 2. The van der Waals surface area contributed by atoms with Gasteiger partial charge in [-0.15, -0.1) is 0 Å². The summed E-state index contributed by atoms with van der Waals surface area (Å²) in [6, 6.07) is 4.67. The Bertz CT molecular complexity index is 602. The summed E-state index contributed by atoms with van der Waals surface area (Å²) in [7, 11) is 0. The van der Waals surface area contributed by atoms with Gasteiger partial charge in [-0.05, 0) is 44.0 Å². The number of hydrogen-bond acceptors (Lipinski definition) is 4. The van der Waals surface area contributed by atoms with Crippen LogP contribution in [0.15, 0.2) is 18.2 Å². The summed E-state index contributed by atoms with van der Waals surface area (Å²) >= 11 is 0. The van der Waals surface area contributed by atoms with Crippen molar-refractivity contribution < 1.29 is 23.8 Å².